The Bertz CT molecular complexity index is 364. The Morgan fingerprint density at radius 1 is 1.80 bits per heavy atom. The number of carbonyl (C=O) groups is 1. The second-order valence-corrected chi connectivity index (χ2v) is 4.89. The third-order valence-electron chi connectivity index (χ3n) is 2.64. The van der Waals surface area contributed by atoms with Crippen molar-refractivity contribution in [2.45, 2.75) is 18.8 Å². The first-order valence-electron chi connectivity index (χ1n) is 5.00. The summed E-state index contributed by atoms with van der Waals surface area (Å²) in [6.45, 7) is 2.15. The molecular weight excluding hydrogens is 212 g/mol. The zero-order chi connectivity index (χ0) is 10.8. The van der Waals surface area contributed by atoms with Crippen LogP contribution in [-0.4, -0.2) is 41.1 Å². The van der Waals surface area contributed by atoms with Crippen molar-refractivity contribution < 1.29 is 9.90 Å². The summed E-state index contributed by atoms with van der Waals surface area (Å²) in [5, 5.41) is 11.6. The fraction of sp³-hybridized carbons (Fsp3) is 0.600. The molecule has 4 nitrogen and oxygen atoms in total. The molecule has 1 unspecified atom stereocenters. The van der Waals surface area contributed by atoms with E-state index in [1.165, 1.54) is 0 Å². The van der Waals surface area contributed by atoms with E-state index in [0.717, 1.165) is 24.5 Å². The molecule has 1 fully saturated rings. The molecule has 0 aromatic carbocycles. The van der Waals surface area contributed by atoms with Crippen LogP contribution in [0.15, 0.2) is 5.38 Å². The molecule has 1 aromatic rings. The number of thiazole rings is 1. The number of likely N-dealkylation sites (N-methyl/N-ethyl adjacent to an activating group) is 1. The van der Waals surface area contributed by atoms with E-state index in [4.69, 9.17) is 5.11 Å². The van der Waals surface area contributed by atoms with Crippen molar-refractivity contribution in [2.24, 2.45) is 0 Å². The summed E-state index contributed by atoms with van der Waals surface area (Å²) in [6, 6.07) is 0. The predicted molar refractivity (Wildman–Crippen MR) is 58.3 cm³/mol. The van der Waals surface area contributed by atoms with E-state index in [1.807, 2.05) is 5.38 Å². The first kappa shape index (κ1) is 10.6. The van der Waals surface area contributed by atoms with Crippen LogP contribution in [0.4, 0.5) is 0 Å². The summed E-state index contributed by atoms with van der Waals surface area (Å²) in [4.78, 5) is 17.2. The Kier molecular flexibility index (Phi) is 3.02. The number of hydrogen-bond donors (Lipinski definition) is 1. The van der Waals surface area contributed by atoms with E-state index < -0.39 is 5.97 Å². The van der Waals surface area contributed by atoms with Crippen LogP contribution in [0.25, 0.3) is 0 Å². The van der Waals surface area contributed by atoms with Crippen LogP contribution in [0.3, 0.4) is 0 Å². The van der Waals surface area contributed by atoms with Gasteiger partial charge < -0.3 is 10.0 Å². The SMILES string of the molecule is CN1CCC(c2nc(CC(=O)O)cs2)C1. The lowest BCUT2D eigenvalue weighted by Gasteiger charge is -2.06. The van der Waals surface area contributed by atoms with E-state index in [-0.39, 0.29) is 6.42 Å². The topological polar surface area (TPSA) is 53.4 Å². The first-order chi connectivity index (χ1) is 7.15. The van der Waals surface area contributed by atoms with Crippen LogP contribution in [0, 0.1) is 0 Å². The van der Waals surface area contributed by atoms with E-state index in [1.54, 1.807) is 11.3 Å². The third kappa shape index (κ3) is 2.54. The molecule has 82 valence electrons. The highest BCUT2D eigenvalue weighted by Crippen LogP contribution is 2.28. The molecule has 0 saturated carbocycles. The highest BCUT2D eigenvalue weighted by Gasteiger charge is 2.23. The van der Waals surface area contributed by atoms with Crippen molar-refractivity contribution >= 4 is 17.3 Å². The maximum Gasteiger partial charge on any atom is 0.309 e. The minimum atomic E-state index is -0.810. The lowest BCUT2D eigenvalue weighted by Crippen LogP contribution is -2.13. The Morgan fingerprint density at radius 3 is 3.20 bits per heavy atom. The Balaban J connectivity index is 2.03. The molecule has 1 saturated heterocycles. The molecule has 2 heterocycles. The van der Waals surface area contributed by atoms with Crippen molar-refractivity contribution in [2.75, 3.05) is 20.1 Å². The number of rotatable bonds is 3. The van der Waals surface area contributed by atoms with E-state index in [0.29, 0.717) is 11.6 Å². The van der Waals surface area contributed by atoms with Crippen molar-refractivity contribution in [3.05, 3.63) is 16.1 Å². The van der Waals surface area contributed by atoms with Crippen molar-refractivity contribution in [3.8, 4) is 0 Å². The van der Waals surface area contributed by atoms with Gasteiger partial charge in [-0.3, -0.25) is 4.79 Å². The number of carboxylic acids is 1. The number of aromatic nitrogens is 1. The van der Waals surface area contributed by atoms with Gasteiger partial charge in [-0.05, 0) is 20.0 Å². The molecule has 0 bridgehead atoms. The van der Waals surface area contributed by atoms with Gasteiger partial charge in [0.15, 0.2) is 0 Å². The molecule has 0 radical (unpaired) electrons. The summed E-state index contributed by atoms with van der Waals surface area (Å²) < 4.78 is 0. The van der Waals surface area contributed by atoms with Gasteiger partial charge in [0.25, 0.3) is 0 Å². The monoisotopic (exact) mass is 226 g/mol. The van der Waals surface area contributed by atoms with E-state index in [2.05, 4.69) is 16.9 Å². The van der Waals surface area contributed by atoms with Gasteiger partial charge in [-0.25, -0.2) is 4.98 Å². The standard InChI is InChI=1S/C10H14N2O2S/c1-12-3-2-7(5-12)10-11-8(6-15-10)4-9(13)14/h6-7H,2-5H2,1H3,(H,13,14). The summed E-state index contributed by atoms with van der Waals surface area (Å²) >= 11 is 1.59. The Labute approximate surface area is 92.6 Å². The number of likely N-dealkylation sites (tertiary alicyclic amines) is 1. The first-order valence-corrected chi connectivity index (χ1v) is 5.88. The molecule has 0 amide bonds. The molecule has 15 heavy (non-hydrogen) atoms. The Morgan fingerprint density at radius 2 is 2.60 bits per heavy atom. The molecule has 1 atom stereocenters. The minimum absolute atomic E-state index is 0.0407. The molecule has 2 rings (SSSR count). The van der Waals surface area contributed by atoms with Crippen molar-refractivity contribution in [1.29, 1.82) is 0 Å². The molecule has 5 heteroatoms. The molecule has 1 aliphatic heterocycles. The second kappa shape index (κ2) is 4.28. The van der Waals surface area contributed by atoms with Crippen LogP contribution >= 0.6 is 11.3 Å². The summed E-state index contributed by atoms with van der Waals surface area (Å²) in [5.41, 5.74) is 0.692. The average Bonchev–Trinajstić information content (AvgIpc) is 2.72. The normalized spacial score (nSPS) is 22.1. The second-order valence-electron chi connectivity index (χ2n) is 4.00. The summed E-state index contributed by atoms with van der Waals surface area (Å²) in [6.07, 6.45) is 1.18. The van der Waals surface area contributed by atoms with Gasteiger partial charge in [0.2, 0.25) is 0 Å². The van der Waals surface area contributed by atoms with Gasteiger partial charge in [-0.15, -0.1) is 11.3 Å². The lowest BCUT2D eigenvalue weighted by atomic mass is 10.1. The molecular formula is C10H14N2O2S. The maximum atomic E-state index is 10.5. The summed E-state index contributed by atoms with van der Waals surface area (Å²) in [5.74, 6) is -0.307. The van der Waals surface area contributed by atoms with Crippen molar-refractivity contribution in [3.63, 3.8) is 0 Å². The van der Waals surface area contributed by atoms with Gasteiger partial charge in [0, 0.05) is 17.8 Å². The van der Waals surface area contributed by atoms with Gasteiger partial charge in [-0.2, -0.15) is 0 Å². The summed E-state index contributed by atoms with van der Waals surface area (Å²) in [7, 11) is 2.10. The van der Waals surface area contributed by atoms with Gasteiger partial charge in [-0.1, -0.05) is 0 Å². The molecule has 1 aliphatic rings. The minimum Gasteiger partial charge on any atom is -0.481 e. The smallest absolute Gasteiger partial charge is 0.309 e. The van der Waals surface area contributed by atoms with Gasteiger partial charge in [0.1, 0.15) is 0 Å². The van der Waals surface area contributed by atoms with E-state index in [9.17, 15) is 4.79 Å². The van der Waals surface area contributed by atoms with Crippen LogP contribution in [0.1, 0.15) is 23.0 Å². The zero-order valence-electron chi connectivity index (χ0n) is 8.64. The lowest BCUT2D eigenvalue weighted by molar-refractivity contribution is -0.136. The van der Waals surface area contributed by atoms with E-state index >= 15 is 0 Å². The fourth-order valence-corrected chi connectivity index (χ4v) is 2.83. The Hall–Kier alpha value is -0.940. The number of carboxylic acid groups (broad SMARTS) is 1. The zero-order valence-corrected chi connectivity index (χ0v) is 9.46. The molecule has 1 aromatic heterocycles. The van der Waals surface area contributed by atoms with Crippen LogP contribution in [0.5, 0.6) is 0 Å². The molecule has 1 N–H and O–H groups in total. The number of aliphatic carboxylic acids is 1. The van der Waals surface area contributed by atoms with Crippen LogP contribution in [-0.2, 0) is 11.2 Å². The van der Waals surface area contributed by atoms with Crippen LogP contribution < -0.4 is 0 Å². The third-order valence-corrected chi connectivity index (χ3v) is 3.70. The fourth-order valence-electron chi connectivity index (χ4n) is 1.88. The largest absolute Gasteiger partial charge is 0.481 e. The number of nitrogens with zero attached hydrogens (tertiary/aromatic N) is 2. The quantitative estimate of drug-likeness (QED) is 0.841. The average molecular weight is 226 g/mol. The highest BCUT2D eigenvalue weighted by molar-refractivity contribution is 7.09. The highest BCUT2D eigenvalue weighted by atomic mass is 32.1. The maximum absolute atomic E-state index is 10.5. The molecule has 0 spiro atoms. The predicted octanol–water partition coefficient (Wildman–Crippen LogP) is 1.19. The number of hydrogen-bond acceptors (Lipinski definition) is 4. The van der Waals surface area contributed by atoms with Gasteiger partial charge in [0.05, 0.1) is 17.1 Å². The van der Waals surface area contributed by atoms with Crippen LogP contribution in [0.2, 0.25) is 0 Å². The van der Waals surface area contributed by atoms with Gasteiger partial charge >= 0.3 is 5.97 Å². The van der Waals surface area contributed by atoms with Crippen molar-refractivity contribution in [1.82, 2.24) is 9.88 Å². The molecule has 0 aliphatic carbocycles.